The predicted molar refractivity (Wildman–Crippen MR) is 114 cm³/mol. The molecule has 0 unspecified atom stereocenters. The van der Waals surface area contributed by atoms with E-state index in [4.69, 9.17) is 0 Å². The van der Waals surface area contributed by atoms with Gasteiger partial charge in [0.05, 0.1) is 22.2 Å². The quantitative estimate of drug-likeness (QED) is 0.688. The molecule has 0 bridgehead atoms. The lowest BCUT2D eigenvalue weighted by atomic mass is 10.1. The molecule has 0 saturated heterocycles. The monoisotopic (exact) mass is 419 g/mol. The maximum Gasteiger partial charge on any atom is 0.308 e. The van der Waals surface area contributed by atoms with Crippen LogP contribution in [0.4, 0.5) is 11.4 Å². The van der Waals surface area contributed by atoms with Gasteiger partial charge >= 0.3 is 4.87 Å². The van der Waals surface area contributed by atoms with E-state index >= 15 is 0 Å². The summed E-state index contributed by atoms with van der Waals surface area (Å²) in [5.74, 6) is -0.357. The summed E-state index contributed by atoms with van der Waals surface area (Å²) in [6.07, 6.45) is 1.11. The van der Waals surface area contributed by atoms with Gasteiger partial charge in [-0.3, -0.25) is 18.5 Å². The summed E-state index contributed by atoms with van der Waals surface area (Å²) in [4.78, 5) is 24.6. The van der Waals surface area contributed by atoms with Crippen LogP contribution in [0.1, 0.15) is 22.8 Å². The molecule has 3 aromatic rings. The second-order valence-corrected chi connectivity index (χ2v) is 9.49. The average molecular weight is 420 g/mol. The van der Waals surface area contributed by atoms with Crippen molar-refractivity contribution in [3.63, 3.8) is 0 Å². The number of nitrogens with one attached hydrogen (secondary N) is 1. The molecule has 28 heavy (non-hydrogen) atoms. The zero-order valence-corrected chi connectivity index (χ0v) is 17.6. The molecule has 1 amide bonds. The number of hydrogen-bond acceptors (Lipinski definition) is 5. The summed E-state index contributed by atoms with van der Waals surface area (Å²) in [7, 11) is -1.99. The molecule has 2 aromatic carbocycles. The first-order valence-electron chi connectivity index (χ1n) is 8.61. The lowest BCUT2D eigenvalue weighted by Gasteiger charge is -2.19. The van der Waals surface area contributed by atoms with Gasteiger partial charge in [-0.25, -0.2) is 8.42 Å². The third kappa shape index (κ3) is 3.81. The van der Waals surface area contributed by atoms with Gasteiger partial charge in [0.1, 0.15) is 0 Å². The Morgan fingerprint density at radius 1 is 1.21 bits per heavy atom. The number of anilines is 2. The number of amides is 1. The van der Waals surface area contributed by atoms with E-state index in [0.29, 0.717) is 23.5 Å². The van der Waals surface area contributed by atoms with Gasteiger partial charge in [-0.05, 0) is 49.7 Å². The van der Waals surface area contributed by atoms with Crippen LogP contribution in [0.2, 0.25) is 0 Å². The molecule has 0 atom stereocenters. The summed E-state index contributed by atoms with van der Waals surface area (Å²) >= 11 is 1.13. The molecule has 3 rings (SSSR count). The highest BCUT2D eigenvalue weighted by molar-refractivity contribution is 7.92. The van der Waals surface area contributed by atoms with Crippen molar-refractivity contribution in [1.82, 2.24) is 4.57 Å². The highest BCUT2D eigenvalue weighted by Gasteiger charge is 2.17. The molecule has 1 heterocycles. The predicted octanol–water partition coefficient (Wildman–Crippen LogP) is 3.04. The summed E-state index contributed by atoms with van der Waals surface area (Å²) in [5, 5.41) is 2.81. The Morgan fingerprint density at radius 3 is 2.57 bits per heavy atom. The Balaban J connectivity index is 1.91. The lowest BCUT2D eigenvalue weighted by molar-refractivity contribution is 0.102. The number of rotatable bonds is 5. The number of thiazole rings is 1. The lowest BCUT2D eigenvalue weighted by Crippen LogP contribution is -2.26. The van der Waals surface area contributed by atoms with Crippen LogP contribution in [0.25, 0.3) is 10.2 Å². The van der Waals surface area contributed by atoms with Crippen molar-refractivity contribution in [3.05, 3.63) is 57.2 Å². The van der Waals surface area contributed by atoms with Crippen LogP contribution in [0.3, 0.4) is 0 Å². The summed E-state index contributed by atoms with van der Waals surface area (Å²) in [6, 6.07) is 10.2. The molecule has 0 fully saturated rings. The second-order valence-electron chi connectivity index (χ2n) is 6.48. The zero-order chi connectivity index (χ0) is 20.6. The maximum absolute atomic E-state index is 12.7. The van der Waals surface area contributed by atoms with E-state index in [1.54, 1.807) is 41.8 Å². The van der Waals surface area contributed by atoms with E-state index in [1.165, 1.54) is 7.05 Å². The van der Waals surface area contributed by atoms with Crippen LogP contribution in [0, 0.1) is 6.92 Å². The van der Waals surface area contributed by atoms with E-state index in [-0.39, 0.29) is 10.8 Å². The first-order chi connectivity index (χ1) is 13.1. The van der Waals surface area contributed by atoms with E-state index < -0.39 is 10.0 Å². The highest BCUT2D eigenvalue weighted by Crippen LogP contribution is 2.25. The minimum Gasteiger partial charge on any atom is -0.322 e. The van der Waals surface area contributed by atoms with E-state index in [0.717, 1.165) is 37.7 Å². The molecule has 0 radical (unpaired) electrons. The van der Waals surface area contributed by atoms with Crippen LogP contribution in [0.15, 0.2) is 41.2 Å². The van der Waals surface area contributed by atoms with Gasteiger partial charge in [-0.2, -0.15) is 0 Å². The standard InChI is InChI=1S/C19H21N3O4S2/c1-5-22-15-9-8-14(11-17(15)27-19(22)24)20-18(23)13-7-6-12(2)16(10-13)21(3)28(4,25)26/h6-11H,5H2,1-4H3,(H,20,23). The zero-order valence-electron chi connectivity index (χ0n) is 16.0. The number of sulfonamides is 1. The number of fused-ring (bicyclic) bond motifs is 1. The van der Waals surface area contributed by atoms with Crippen molar-refractivity contribution in [1.29, 1.82) is 0 Å². The molecule has 0 spiro atoms. The van der Waals surface area contributed by atoms with Gasteiger partial charge < -0.3 is 5.32 Å². The molecule has 0 aliphatic rings. The SMILES string of the molecule is CCn1c(=O)sc2cc(NC(=O)c3ccc(C)c(N(C)S(C)(=O)=O)c3)ccc21. The smallest absolute Gasteiger partial charge is 0.308 e. The number of hydrogen-bond donors (Lipinski definition) is 1. The van der Waals surface area contributed by atoms with Crippen LogP contribution >= 0.6 is 11.3 Å². The Morgan fingerprint density at radius 2 is 1.93 bits per heavy atom. The third-order valence-corrected chi connectivity index (χ3v) is 6.68. The largest absolute Gasteiger partial charge is 0.322 e. The first-order valence-corrected chi connectivity index (χ1v) is 11.3. The Hall–Kier alpha value is -2.65. The number of carbonyl (C=O) groups excluding carboxylic acids is 1. The maximum atomic E-state index is 12.7. The van der Waals surface area contributed by atoms with Gasteiger partial charge in [-0.15, -0.1) is 0 Å². The fourth-order valence-corrected chi connectivity index (χ4v) is 4.46. The van der Waals surface area contributed by atoms with Gasteiger partial charge in [0.15, 0.2) is 0 Å². The minimum atomic E-state index is -3.44. The summed E-state index contributed by atoms with van der Waals surface area (Å²) in [5.41, 5.74) is 2.94. The van der Waals surface area contributed by atoms with Crippen molar-refractivity contribution < 1.29 is 13.2 Å². The van der Waals surface area contributed by atoms with Crippen LogP contribution in [0.5, 0.6) is 0 Å². The Bertz CT molecular complexity index is 1230. The second kappa shape index (κ2) is 7.40. The molecule has 7 nitrogen and oxygen atoms in total. The Labute approximate surface area is 167 Å². The molecule has 148 valence electrons. The molecular formula is C19H21N3O4S2. The molecule has 0 aliphatic heterocycles. The van der Waals surface area contributed by atoms with Crippen LogP contribution < -0.4 is 14.5 Å². The van der Waals surface area contributed by atoms with E-state index in [2.05, 4.69) is 5.32 Å². The normalized spacial score (nSPS) is 11.6. The van der Waals surface area contributed by atoms with Gasteiger partial charge in [0.25, 0.3) is 5.91 Å². The van der Waals surface area contributed by atoms with Gasteiger partial charge in [0, 0.05) is 24.8 Å². The molecule has 1 aromatic heterocycles. The molecule has 9 heteroatoms. The van der Waals surface area contributed by atoms with Crippen molar-refractivity contribution in [2.24, 2.45) is 0 Å². The average Bonchev–Trinajstić information content (AvgIpc) is 2.94. The summed E-state index contributed by atoms with van der Waals surface area (Å²) in [6.45, 7) is 4.28. The summed E-state index contributed by atoms with van der Waals surface area (Å²) < 4.78 is 27.3. The molecular weight excluding hydrogens is 398 g/mol. The third-order valence-electron chi connectivity index (χ3n) is 4.55. The van der Waals surface area contributed by atoms with E-state index in [1.807, 2.05) is 13.0 Å². The number of aromatic nitrogens is 1. The van der Waals surface area contributed by atoms with Crippen molar-refractivity contribution >= 4 is 48.9 Å². The molecule has 0 aliphatic carbocycles. The minimum absolute atomic E-state index is 0.0343. The fourth-order valence-electron chi connectivity index (χ4n) is 2.92. The van der Waals surface area contributed by atoms with Crippen LogP contribution in [-0.4, -0.2) is 32.2 Å². The molecule has 0 saturated carbocycles. The van der Waals surface area contributed by atoms with Crippen molar-refractivity contribution in [3.8, 4) is 0 Å². The number of nitrogens with zero attached hydrogens (tertiary/aromatic N) is 2. The fraction of sp³-hybridized carbons (Fsp3) is 0.263. The number of aryl methyl sites for hydroxylation is 2. The highest BCUT2D eigenvalue weighted by atomic mass is 32.2. The van der Waals surface area contributed by atoms with Gasteiger partial charge in [0.2, 0.25) is 10.0 Å². The van der Waals surface area contributed by atoms with Crippen LogP contribution in [-0.2, 0) is 16.6 Å². The van der Waals surface area contributed by atoms with E-state index in [9.17, 15) is 18.0 Å². The first kappa shape index (κ1) is 20.1. The van der Waals surface area contributed by atoms with Gasteiger partial charge in [-0.1, -0.05) is 17.4 Å². The van der Waals surface area contributed by atoms with Crippen molar-refractivity contribution in [2.45, 2.75) is 20.4 Å². The molecule has 1 N–H and O–H groups in total. The number of benzene rings is 2. The number of carbonyl (C=O) groups is 1. The topological polar surface area (TPSA) is 88.5 Å². The Kier molecular flexibility index (Phi) is 5.31. The van der Waals surface area contributed by atoms with Crippen molar-refractivity contribution in [2.75, 3.05) is 22.9 Å².